The van der Waals surface area contributed by atoms with Crippen molar-refractivity contribution in [3.63, 3.8) is 0 Å². The predicted molar refractivity (Wildman–Crippen MR) is 111 cm³/mol. The molecule has 1 aliphatic carbocycles. The normalized spacial score (nSPS) is 19.2. The smallest absolute Gasteiger partial charge is 0.264 e. The molecule has 2 heterocycles. The molecule has 5 nitrogen and oxygen atoms in total. The largest absolute Gasteiger partial charge is 0.378 e. The second-order valence-electron chi connectivity index (χ2n) is 7.40. The number of hydrogen-bond donors (Lipinski definition) is 1. The molecule has 1 saturated heterocycles. The number of carbonyl (C=O) groups is 2. The molecular weight excluding hydrogens is 372 g/mol. The average molecular weight is 399 g/mol. The minimum absolute atomic E-state index is 0.0432. The summed E-state index contributed by atoms with van der Waals surface area (Å²) in [6.07, 6.45) is 3.30. The minimum Gasteiger partial charge on any atom is -0.378 e. The second-order valence-corrected chi connectivity index (χ2v) is 8.54. The van der Waals surface area contributed by atoms with E-state index in [0.29, 0.717) is 32.7 Å². The summed E-state index contributed by atoms with van der Waals surface area (Å²) in [7, 11) is 0. The summed E-state index contributed by atoms with van der Waals surface area (Å²) in [6.45, 7) is 4.62. The Bertz CT molecular complexity index is 870. The Balaban J connectivity index is 1.43. The SMILES string of the molecule is CCc1ccccc1NC(=O)C1CCc2sc(C(=O)N3CCOCC3)cc2C1. The van der Waals surface area contributed by atoms with Gasteiger partial charge in [-0.2, -0.15) is 0 Å². The Hall–Kier alpha value is -2.18. The van der Waals surface area contributed by atoms with E-state index in [1.807, 2.05) is 29.2 Å². The molecule has 1 fully saturated rings. The zero-order valence-electron chi connectivity index (χ0n) is 16.2. The van der Waals surface area contributed by atoms with Crippen molar-refractivity contribution < 1.29 is 14.3 Å². The van der Waals surface area contributed by atoms with Crippen LogP contribution in [0.5, 0.6) is 0 Å². The molecule has 4 rings (SSSR count). The maximum absolute atomic E-state index is 12.8. The van der Waals surface area contributed by atoms with E-state index >= 15 is 0 Å². The van der Waals surface area contributed by atoms with Crippen LogP contribution in [-0.2, 0) is 28.8 Å². The van der Waals surface area contributed by atoms with Crippen LogP contribution in [0.25, 0.3) is 0 Å². The van der Waals surface area contributed by atoms with Gasteiger partial charge < -0.3 is 15.0 Å². The fraction of sp³-hybridized carbons (Fsp3) is 0.455. The number of morpholine rings is 1. The summed E-state index contributed by atoms with van der Waals surface area (Å²) < 4.78 is 5.34. The maximum atomic E-state index is 12.8. The van der Waals surface area contributed by atoms with E-state index in [0.717, 1.165) is 41.0 Å². The van der Waals surface area contributed by atoms with Crippen molar-refractivity contribution >= 4 is 28.8 Å². The standard InChI is InChI=1S/C22H26N2O3S/c1-2-15-5-3-4-6-18(15)23-21(25)16-7-8-19-17(13-16)14-20(28-19)22(26)24-9-11-27-12-10-24/h3-6,14,16H,2,7-13H2,1H3,(H,23,25). The lowest BCUT2D eigenvalue weighted by Gasteiger charge is -2.26. The average Bonchev–Trinajstić information content (AvgIpc) is 3.17. The molecule has 0 spiro atoms. The van der Waals surface area contributed by atoms with E-state index in [1.165, 1.54) is 4.88 Å². The number of nitrogens with one attached hydrogen (secondary N) is 1. The van der Waals surface area contributed by atoms with Crippen LogP contribution in [-0.4, -0.2) is 43.0 Å². The molecular formula is C22H26N2O3S. The molecule has 6 heteroatoms. The molecule has 2 aromatic rings. The molecule has 1 atom stereocenters. The number of hydrogen-bond acceptors (Lipinski definition) is 4. The topological polar surface area (TPSA) is 58.6 Å². The van der Waals surface area contributed by atoms with Gasteiger partial charge in [-0.25, -0.2) is 0 Å². The quantitative estimate of drug-likeness (QED) is 0.857. The lowest BCUT2D eigenvalue weighted by atomic mass is 9.87. The number of amides is 2. The summed E-state index contributed by atoms with van der Waals surface area (Å²) >= 11 is 1.60. The second kappa shape index (κ2) is 8.45. The van der Waals surface area contributed by atoms with Gasteiger partial charge in [0.25, 0.3) is 5.91 Å². The first-order valence-corrected chi connectivity index (χ1v) is 10.8. The molecule has 148 valence electrons. The third-order valence-electron chi connectivity index (χ3n) is 5.62. The fourth-order valence-electron chi connectivity index (χ4n) is 3.96. The van der Waals surface area contributed by atoms with Gasteiger partial charge in [-0.3, -0.25) is 9.59 Å². The first-order valence-electron chi connectivity index (χ1n) is 10.0. The molecule has 0 radical (unpaired) electrons. The molecule has 1 aromatic heterocycles. The Morgan fingerprint density at radius 1 is 1.25 bits per heavy atom. The first kappa shape index (κ1) is 19.2. The third kappa shape index (κ3) is 3.98. The van der Waals surface area contributed by atoms with Gasteiger partial charge in [0.2, 0.25) is 5.91 Å². The summed E-state index contributed by atoms with van der Waals surface area (Å²) in [5.74, 6) is 0.137. The van der Waals surface area contributed by atoms with Gasteiger partial charge in [0.1, 0.15) is 0 Å². The van der Waals surface area contributed by atoms with Crippen LogP contribution in [0.4, 0.5) is 5.69 Å². The van der Waals surface area contributed by atoms with Crippen molar-refractivity contribution in [1.82, 2.24) is 4.90 Å². The first-order chi connectivity index (χ1) is 13.7. The number of aryl methyl sites for hydroxylation is 2. The Kier molecular flexibility index (Phi) is 5.78. The molecule has 2 aliphatic rings. The van der Waals surface area contributed by atoms with E-state index in [1.54, 1.807) is 11.3 Å². The number of anilines is 1. The predicted octanol–water partition coefficient (Wildman–Crippen LogP) is 3.53. The Morgan fingerprint density at radius 2 is 2.04 bits per heavy atom. The van der Waals surface area contributed by atoms with Crippen LogP contribution in [0.1, 0.15) is 39.0 Å². The van der Waals surface area contributed by atoms with Crippen LogP contribution in [0.2, 0.25) is 0 Å². The van der Waals surface area contributed by atoms with Crippen LogP contribution in [0, 0.1) is 5.92 Å². The van der Waals surface area contributed by atoms with Crippen LogP contribution in [0.15, 0.2) is 30.3 Å². The third-order valence-corrected chi connectivity index (χ3v) is 6.84. The van der Waals surface area contributed by atoms with Crippen molar-refractivity contribution in [3.05, 3.63) is 51.2 Å². The zero-order valence-corrected chi connectivity index (χ0v) is 17.0. The molecule has 1 unspecified atom stereocenters. The van der Waals surface area contributed by atoms with E-state index in [9.17, 15) is 9.59 Å². The van der Waals surface area contributed by atoms with Crippen molar-refractivity contribution in [2.75, 3.05) is 31.6 Å². The summed E-state index contributed by atoms with van der Waals surface area (Å²) in [4.78, 5) is 29.5. The monoisotopic (exact) mass is 398 g/mol. The maximum Gasteiger partial charge on any atom is 0.264 e. The number of benzene rings is 1. The molecule has 28 heavy (non-hydrogen) atoms. The summed E-state index contributed by atoms with van der Waals surface area (Å²) in [5.41, 5.74) is 3.23. The van der Waals surface area contributed by atoms with E-state index < -0.39 is 0 Å². The number of ether oxygens (including phenoxy) is 1. The lowest BCUT2D eigenvalue weighted by molar-refractivity contribution is -0.120. The highest BCUT2D eigenvalue weighted by atomic mass is 32.1. The number of rotatable bonds is 4. The van der Waals surface area contributed by atoms with Gasteiger partial charge in [0, 0.05) is 29.6 Å². The Labute approximate surface area is 169 Å². The van der Waals surface area contributed by atoms with Gasteiger partial charge in [-0.15, -0.1) is 11.3 Å². The van der Waals surface area contributed by atoms with Gasteiger partial charge in [-0.1, -0.05) is 25.1 Å². The van der Waals surface area contributed by atoms with Gasteiger partial charge in [-0.05, 0) is 48.9 Å². The van der Waals surface area contributed by atoms with Crippen molar-refractivity contribution in [2.45, 2.75) is 32.6 Å². The number of para-hydroxylation sites is 1. The summed E-state index contributed by atoms with van der Waals surface area (Å²) in [6, 6.07) is 9.98. The van der Waals surface area contributed by atoms with E-state index in [-0.39, 0.29) is 17.7 Å². The van der Waals surface area contributed by atoms with E-state index in [4.69, 9.17) is 4.74 Å². The summed E-state index contributed by atoms with van der Waals surface area (Å²) in [5, 5.41) is 3.12. The molecule has 0 bridgehead atoms. The molecule has 1 aliphatic heterocycles. The highest BCUT2D eigenvalue weighted by Crippen LogP contribution is 2.34. The lowest BCUT2D eigenvalue weighted by Crippen LogP contribution is -2.40. The zero-order chi connectivity index (χ0) is 19.5. The van der Waals surface area contributed by atoms with Gasteiger partial charge >= 0.3 is 0 Å². The van der Waals surface area contributed by atoms with Crippen molar-refractivity contribution in [2.24, 2.45) is 5.92 Å². The van der Waals surface area contributed by atoms with Crippen LogP contribution < -0.4 is 5.32 Å². The molecule has 1 N–H and O–H groups in total. The highest BCUT2D eigenvalue weighted by molar-refractivity contribution is 7.14. The van der Waals surface area contributed by atoms with Crippen LogP contribution in [0.3, 0.4) is 0 Å². The van der Waals surface area contributed by atoms with Gasteiger partial charge in [0.05, 0.1) is 18.1 Å². The van der Waals surface area contributed by atoms with Gasteiger partial charge in [0.15, 0.2) is 0 Å². The van der Waals surface area contributed by atoms with E-state index in [2.05, 4.69) is 18.3 Å². The number of thiophene rings is 1. The number of fused-ring (bicyclic) bond motifs is 1. The van der Waals surface area contributed by atoms with Crippen molar-refractivity contribution in [1.29, 1.82) is 0 Å². The Morgan fingerprint density at radius 3 is 2.82 bits per heavy atom. The fourth-order valence-corrected chi connectivity index (χ4v) is 5.14. The van der Waals surface area contributed by atoms with Crippen molar-refractivity contribution in [3.8, 4) is 0 Å². The molecule has 1 aromatic carbocycles. The minimum atomic E-state index is -0.0432. The molecule has 0 saturated carbocycles. The van der Waals surface area contributed by atoms with Crippen LogP contribution >= 0.6 is 11.3 Å². The molecule has 2 amide bonds. The highest BCUT2D eigenvalue weighted by Gasteiger charge is 2.29. The number of carbonyl (C=O) groups excluding carboxylic acids is 2. The number of nitrogens with zero attached hydrogens (tertiary/aromatic N) is 1.